The van der Waals surface area contributed by atoms with Crippen LogP contribution in [0.25, 0.3) is 21.9 Å². The maximum absolute atomic E-state index is 12.8. The number of hydrogen-bond donors (Lipinski definition) is 1. The van der Waals surface area contributed by atoms with Crippen molar-refractivity contribution in [1.29, 1.82) is 0 Å². The quantitative estimate of drug-likeness (QED) is 0.0873. The second-order valence-corrected chi connectivity index (χ2v) is 28.1. The molecule has 7 atom stereocenters. The molecular weight excluding hydrogens is 775 g/mol. The molecule has 16 heteroatoms. The second kappa shape index (κ2) is 16.1. The Kier molecular flexibility index (Phi) is 12.0. The number of benzene rings is 2. The summed E-state index contributed by atoms with van der Waals surface area (Å²) in [7, 11) is -4.30. The minimum absolute atomic E-state index is 0.00881. The van der Waals surface area contributed by atoms with Crippen LogP contribution in [-0.4, -0.2) is 85.1 Å². The van der Waals surface area contributed by atoms with Crippen LogP contribution in [-0.2, 0) is 42.2 Å². The highest BCUT2D eigenvalue weighted by molar-refractivity contribution is 6.74. The van der Waals surface area contributed by atoms with Gasteiger partial charge >= 0.3 is 17.9 Å². The predicted octanol–water partition coefficient (Wildman–Crippen LogP) is 8.31. The van der Waals surface area contributed by atoms with Gasteiger partial charge in [-0.2, -0.15) is 0 Å². The van der Waals surface area contributed by atoms with Gasteiger partial charge in [0.1, 0.15) is 18.7 Å². The van der Waals surface area contributed by atoms with Crippen molar-refractivity contribution in [2.45, 2.75) is 148 Å². The highest BCUT2D eigenvalue weighted by Crippen LogP contribution is 2.47. The van der Waals surface area contributed by atoms with Gasteiger partial charge in [0.05, 0.1) is 25.1 Å². The average Bonchev–Trinajstić information content (AvgIpc) is 3.72. The monoisotopic (exact) mass is 833 g/mol. The number of fused-ring (bicyclic) bond motifs is 4. The molecule has 14 nitrogen and oxygen atoms in total. The molecule has 1 saturated heterocycles. The number of esters is 3. The lowest BCUT2D eigenvalue weighted by molar-refractivity contribution is -0.187. The Balaban J connectivity index is 1.41. The number of ether oxygens (including phenoxy) is 4. The zero-order chi connectivity index (χ0) is 42.5. The lowest BCUT2D eigenvalue weighted by Crippen LogP contribution is -2.49. The van der Waals surface area contributed by atoms with E-state index in [4.69, 9.17) is 32.8 Å². The van der Waals surface area contributed by atoms with E-state index in [9.17, 15) is 14.4 Å². The van der Waals surface area contributed by atoms with E-state index in [2.05, 4.69) is 83.0 Å². The third kappa shape index (κ3) is 8.71. The van der Waals surface area contributed by atoms with Crippen molar-refractivity contribution in [2.24, 2.45) is 0 Å². The van der Waals surface area contributed by atoms with Gasteiger partial charge in [-0.1, -0.05) is 77.9 Å². The number of nitrogens with one attached hydrogen (secondary N) is 1. The SMILES string of the molecule is CC(=O)O[C@@H]1[C@H](OC(C)=O)[C@@H](Nc2ncnc3c2ncn3[C@H]2C[C@H](O[Si](C)(C)C(C)(C)C)[C@@H](CO[Si](C)(C)C(C)(C)C)O2)c2c(ccc3ccccc23)[C@H]1OC(C)=O. The highest BCUT2D eigenvalue weighted by atomic mass is 28.4. The van der Waals surface area contributed by atoms with Crippen LogP contribution in [0.4, 0.5) is 5.82 Å². The van der Waals surface area contributed by atoms with Crippen LogP contribution in [0.3, 0.4) is 0 Å². The normalized spacial score (nSPS) is 24.1. The van der Waals surface area contributed by atoms with Crippen molar-refractivity contribution < 1.29 is 42.2 Å². The molecule has 4 aromatic rings. The zero-order valence-corrected chi connectivity index (χ0v) is 38.0. The van der Waals surface area contributed by atoms with E-state index in [0.717, 1.165) is 10.8 Å². The van der Waals surface area contributed by atoms with E-state index in [0.29, 0.717) is 41.1 Å². The summed E-state index contributed by atoms with van der Waals surface area (Å²) in [6.07, 6.45) is -0.693. The number of imidazole rings is 1. The number of hydrogen-bond acceptors (Lipinski definition) is 13. The summed E-state index contributed by atoms with van der Waals surface area (Å²) in [4.78, 5) is 52.0. The molecule has 6 rings (SSSR count). The van der Waals surface area contributed by atoms with Gasteiger partial charge in [0.25, 0.3) is 0 Å². The van der Waals surface area contributed by atoms with E-state index in [1.54, 1.807) is 6.33 Å². The first-order valence-corrected chi connectivity index (χ1v) is 25.7. The van der Waals surface area contributed by atoms with Gasteiger partial charge in [-0.15, -0.1) is 0 Å². The summed E-state index contributed by atoms with van der Waals surface area (Å²) in [6.45, 7) is 26.6. The second-order valence-electron chi connectivity index (χ2n) is 18.5. The predicted molar refractivity (Wildman–Crippen MR) is 225 cm³/mol. The minimum Gasteiger partial charge on any atom is -0.456 e. The molecule has 0 unspecified atom stereocenters. The number of carbonyl (C=O) groups is 3. The van der Waals surface area contributed by atoms with Gasteiger partial charge in [-0.05, 0) is 52.6 Å². The molecule has 3 heterocycles. The molecule has 1 fully saturated rings. The first kappa shape index (κ1) is 43.4. The summed E-state index contributed by atoms with van der Waals surface area (Å²) < 4.78 is 40.1. The van der Waals surface area contributed by atoms with Crippen LogP contribution < -0.4 is 5.32 Å². The van der Waals surface area contributed by atoms with Crippen LogP contribution in [0.1, 0.15) is 98.2 Å². The molecule has 0 bridgehead atoms. The van der Waals surface area contributed by atoms with Gasteiger partial charge in [0.15, 0.2) is 51.9 Å². The molecule has 1 N–H and O–H groups in total. The smallest absolute Gasteiger partial charge is 0.303 e. The van der Waals surface area contributed by atoms with Crippen LogP contribution in [0.2, 0.25) is 36.3 Å². The van der Waals surface area contributed by atoms with Gasteiger partial charge in [-0.3, -0.25) is 19.0 Å². The summed E-state index contributed by atoms with van der Waals surface area (Å²) in [5, 5.41) is 5.26. The largest absolute Gasteiger partial charge is 0.456 e. The van der Waals surface area contributed by atoms with Crippen LogP contribution >= 0.6 is 0 Å². The summed E-state index contributed by atoms with van der Waals surface area (Å²) in [6, 6.07) is 10.6. The third-order valence-electron chi connectivity index (χ3n) is 12.3. The fourth-order valence-electron chi connectivity index (χ4n) is 7.24. The van der Waals surface area contributed by atoms with Gasteiger partial charge in [0, 0.05) is 32.8 Å². The van der Waals surface area contributed by atoms with Gasteiger partial charge in [-0.25, -0.2) is 15.0 Å². The Morgan fingerprint density at radius 2 is 1.47 bits per heavy atom. The molecule has 0 amide bonds. The Bertz CT molecular complexity index is 2180. The minimum atomic E-state index is -2.20. The van der Waals surface area contributed by atoms with E-state index in [1.165, 1.54) is 27.1 Å². The Hall–Kier alpha value is -4.23. The first-order valence-electron chi connectivity index (χ1n) is 19.9. The fourth-order valence-corrected chi connectivity index (χ4v) is 9.62. The molecular formula is C42H59N5O9Si2. The molecule has 0 spiro atoms. The van der Waals surface area contributed by atoms with E-state index >= 15 is 0 Å². The lowest BCUT2D eigenvalue weighted by atomic mass is 9.78. The molecule has 58 heavy (non-hydrogen) atoms. The van der Waals surface area contributed by atoms with Gasteiger partial charge < -0.3 is 33.1 Å². The van der Waals surface area contributed by atoms with Gasteiger partial charge in [0.2, 0.25) is 0 Å². The standard InChI is InChI=1S/C42H59N5O9Si2/c1-24(48)52-36-29-19-18-27-16-14-15-17-28(27)33(29)34(37(53-25(2)49)38(36)54-26(3)50)46-39-35-40(44-22-43-39)47(23-45-35)32-20-30(56-58(12,13)42(7,8)9)31(55-32)21-51-57(10,11)41(4,5)6/h14-19,22-23,30-32,34,36-38H,20-21H2,1-13H3,(H,43,44,46)/t30-,31+,32+,34-,36+,37+,38-/m0/s1. The molecule has 1 aliphatic carbocycles. The molecule has 0 saturated carbocycles. The topological polar surface area (TPSA) is 162 Å². The zero-order valence-electron chi connectivity index (χ0n) is 36.0. The van der Waals surface area contributed by atoms with Crippen molar-refractivity contribution in [2.75, 3.05) is 11.9 Å². The molecule has 2 aromatic heterocycles. The Morgan fingerprint density at radius 3 is 2.10 bits per heavy atom. The van der Waals surface area contributed by atoms with Crippen molar-refractivity contribution in [3.05, 3.63) is 60.2 Å². The maximum atomic E-state index is 12.8. The van der Waals surface area contributed by atoms with Crippen molar-refractivity contribution in [3.63, 3.8) is 0 Å². The first-order chi connectivity index (χ1) is 27.0. The van der Waals surface area contributed by atoms with Crippen LogP contribution in [0.5, 0.6) is 0 Å². The van der Waals surface area contributed by atoms with E-state index < -0.39 is 65.1 Å². The van der Waals surface area contributed by atoms with E-state index in [-0.39, 0.29) is 22.3 Å². The van der Waals surface area contributed by atoms with Crippen LogP contribution in [0, 0.1) is 0 Å². The third-order valence-corrected chi connectivity index (χ3v) is 21.3. The van der Waals surface area contributed by atoms with E-state index in [1.807, 2.05) is 41.0 Å². The fraction of sp³-hybridized carbons (Fsp3) is 0.571. The average molecular weight is 834 g/mol. The molecule has 0 radical (unpaired) electrons. The summed E-state index contributed by atoms with van der Waals surface area (Å²) in [5.41, 5.74) is 2.25. The van der Waals surface area contributed by atoms with Crippen molar-refractivity contribution >= 4 is 62.3 Å². The number of anilines is 1. The van der Waals surface area contributed by atoms with Crippen molar-refractivity contribution in [3.8, 4) is 0 Å². The number of rotatable bonds is 11. The van der Waals surface area contributed by atoms with Crippen LogP contribution in [0.15, 0.2) is 49.1 Å². The highest BCUT2D eigenvalue weighted by Gasteiger charge is 2.51. The molecule has 314 valence electrons. The molecule has 2 aromatic carbocycles. The Labute approximate surface area is 342 Å². The van der Waals surface area contributed by atoms with Crippen molar-refractivity contribution in [1.82, 2.24) is 19.5 Å². The maximum Gasteiger partial charge on any atom is 0.303 e. The number of carbonyl (C=O) groups excluding carboxylic acids is 3. The number of nitrogens with zero attached hydrogens (tertiary/aromatic N) is 4. The Morgan fingerprint density at radius 1 is 0.828 bits per heavy atom. The summed E-state index contributed by atoms with van der Waals surface area (Å²) >= 11 is 0. The number of aromatic nitrogens is 4. The summed E-state index contributed by atoms with van der Waals surface area (Å²) in [5.74, 6) is -1.48. The molecule has 1 aliphatic heterocycles. The molecule has 2 aliphatic rings. The lowest BCUT2D eigenvalue weighted by Gasteiger charge is -2.42.